The first-order valence-corrected chi connectivity index (χ1v) is 6.50. The van der Waals surface area contributed by atoms with Gasteiger partial charge in [-0.3, -0.25) is 0 Å². The van der Waals surface area contributed by atoms with Gasteiger partial charge in [0.15, 0.2) is 0 Å². The van der Waals surface area contributed by atoms with Crippen LogP contribution < -0.4 is 0 Å². The summed E-state index contributed by atoms with van der Waals surface area (Å²) in [7, 11) is 0. The number of hydrogen-bond donors (Lipinski definition) is 0. The average molecular weight is 259 g/mol. The zero-order chi connectivity index (χ0) is 13.1. The number of halogens is 1. The van der Waals surface area contributed by atoms with E-state index in [1.165, 1.54) is 6.07 Å². The first kappa shape index (κ1) is 12.7. The van der Waals surface area contributed by atoms with Gasteiger partial charge < -0.3 is 0 Å². The van der Waals surface area contributed by atoms with E-state index in [9.17, 15) is 4.39 Å². The molecule has 0 fully saturated rings. The molecule has 0 unspecified atom stereocenters. The second-order valence-corrected chi connectivity index (χ2v) is 4.97. The van der Waals surface area contributed by atoms with Crippen LogP contribution in [0.3, 0.4) is 0 Å². The summed E-state index contributed by atoms with van der Waals surface area (Å²) in [5.74, 6) is -0.240. The SMILES string of the molecule is C=C(/C(C)=C\c1scnc1C)c1ccccc1F. The molecule has 0 aliphatic carbocycles. The zero-order valence-electron chi connectivity index (χ0n) is 10.4. The summed E-state index contributed by atoms with van der Waals surface area (Å²) in [4.78, 5) is 5.28. The van der Waals surface area contributed by atoms with Crippen LogP contribution in [0.1, 0.15) is 23.1 Å². The fourth-order valence-corrected chi connectivity index (χ4v) is 2.44. The minimum absolute atomic E-state index is 0.240. The van der Waals surface area contributed by atoms with E-state index in [0.717, 1.165) is 16.1 Å². The lowest BCUT2D eigenvalue weighted by atomic mass is 9.99. The van der Waals surface area contributed by atoms with Crippen molar-refractivity contribution in [3.63, 3.8) is 0 Å². The molecule has 3 heteroatoms. The van der Waals surface area contributed by atoms with E-state index in [1.807, 2.05) is 26.0 Å². The smallest absolute Gasteiger partial charge is 0.131 e. The molecule has 0 radical (unpaired) electrons. The number of hydrogen-bond acceptors (Lipinski definition) is 2. The highest BCUT2D eigenvalue weighted by Gasteiger charge is 2.07. The molecule has 0 amide bonds. The predicted octanol–water partition coefficient (Wildman–Crippen LogP) is 4.71. The van der Waals surface area contributed by atoms with Crippen molar-refractivity contribution in [1.29, 1.82) is 0 Å². The highest BCUT2D eigenvalue weighted by molar-refractivity contribution is 7.10. The second-order valence-electron chi connectivity index (χ2n) is 4.09. The Morgan fingerprint density at radius 3 is 2.72 bits per heavy atom. The van der Waals surface area contributed by atoms with E-state index in [4.69, 9.17) is 0 Å². The van der Waals surface area contributed by atoms with Crippen LogP contribution in [0.5, 0.6) is 0 Å². The lowest BCUT2D eigenvalue weighted by Crippen LogP contribution is -1.89. The van der Waals surface area contributed by atoms with Gasteiger partial charge in [-0.1, -0.05) is 24.8 Å². The van der Waals surface area contributed by atoms with Gasteiger partial charge in [0.05, 0.1) is 16.1 Å². The van der Waals surface area contributed by atoms with Crippen LogP contribution in [-0.4, -0.2) is 4.98 Å². The Morgan fingerprint density at radius 1 is 1.39 bits per heavy atom. The van der Waals surface area contributed by atoms with Crippen LogP contribution in [-0.2, 0) is 0 Å². The summed E-state index contributed by atoms with van der Waals surface area (Å²) in [5, 5.41) is 0. The summed E-state index contributed by atoms with van der Waals surface area (Å²) in [6, 6.07) is 6.69. The number of allylic oxidation sites excluding steroid dienone is 2. The maximum Gasteiger partial charge on any atom is 0.131 e. The minimum Gasteiger partial charge on any atom is -0.249 e. The normalized spacial score (nSPS) is 11.6. The number of aromatic nitrogens is 1. The molecule has 0 aliphatic heterocycles. The van der Waals surface area contributed by atoms with Crippen LogP contribution in [0, 0.1) is 12.7 Å². The van der Waals surface area contributed by atoms with Crippen LogP contribution >= 0.6 is 11.3 Å². The van der Waals surface area contributed by atoms with E-state index in [2.05, 4.69) is 11.6 Å². The highest BCUT2D eigenvalue weighted by atomic mass is 32.1. The Balaban J connectivity index is 2.33. The molecule has 0 saturated heterocycles. The first-order valence-electron chi connectivity index (χ1n) is 5.62. The number of nitrogens with zero attached hydrogens (tertiary/aromatic N) is 1. The number of benzene rings is 1. The van der Waals surface area contributed by atoms with Crippen molar-refractivity contribution in [2.45, 2.75) is 13.8 Å². The van der Waals surface area contributed by atoms with E-state index in [-0.39, 0.29) is 5.82 Å². The van der Waals surface area contributed by atoms with E-state index in [0.29, 0.717) is 11.1 Å². The monoisotopic (exact) mass is 259 g/mol. The zero-order valence-corrected chi connectivity index (χ0v) is 11.2. The van der Waals surface area contributed by atoms with Crippen molar-refractivity contribution in [2.75, 3.05) is 0 Å². The third-order valence-corrected chi connectivity index (χ3v) is 3.68. The maximum absolute atomic E-state index is 13.7. The topological polar surface area (TPSA) is 12.9 Å². The summed E-state index contributed by atoms with van der Waals surface area (Å²) < 4.78 is 13.7. The Morgan fingerprint density at radius 2 is 2.11 bits per heavy atom. The first-order chi connectivity index (χ1) is 8.59. The Bertz CT molecular complexity index is 610. The van der Waals surface area contributed by atoms with E-state index >= 15 is 0 Å². The summed E-state index contributed by atoms with van der Waals surface area (Å²) >= 11 is 1.57. The molecule has 2 rings (SSSR count). The molecular formula is C15H14FNS. The molecule has 18 heavy (non-hydrogen) atoms. The molecule has 1 nitrogen and oxygen atoms in total. The summed E-state index contributed by atoms with van der Waals surface area (Å²) in [5.41, 5.74) is 5.00. The van der Waals surface area contributed by atoms with Gasteiger partial charge in [-0.25, -0.2) is 9.37 Å². The van der Waals surface area contributed by atoms with Crippen molar-refractivity contribution in [3.05, 3.63) is 63.9 Å². The Kier molecular flexibility index (Phi) is 3.72. The van der Waals surface area contributed by atoms with Crippen LogP contribution in [0.25, 0.3) is 11.6 Å². The van der Waals surface area contributed by atoms with Crippen molar-refractivity contribution >= 4 is 23.0 Å². The van der Waals surface area contributed by atoms with Crippen molar-refractivity contribution < 1.29 is 4.39 Å². The van der Waals surface area contributed by atoms with Gasteiger partial charge in [-0.2, -0.15) is 0 Å². The van der Waals surface area contributed by atoms with Gasteiger partial charge in [-0.15, -0.1) is 11.3 Å². The van der Waals surface area contributed by atoms with Crippen molar-refractivity contribution in [3.8, 4) is 0 Å². The molecule has 0 atom stereocenters. The van der Waals surface area contributed by atoms with Crippen LogP contribution in [0.4, 0.5) is 4.39 Å². The van der Waals surface area contributed by atoms with Gasteiger partial charge in [-0.05, 0) is 37.1 Å². The quantitative estimate of drug-likeness (QED) is 0.728. The Hall–Kier alpha value is -1.74. The molecule has 0 bridgehead atoms. The molecule has 0 N–H and O–H groups in total. The van der Waals surface area contributed by atoms with Gasteiger partial charge >= 0.3 is 0 Å². The van der Waals surface area contributed by atoms with Gasteiger partial charge in [0.25, 0.3) is 0 Å². The molecule has 1 aromatic carbocycles. The van der Waals surface area contributed by atoms with Crippen LogP contribution in [0.15, 0.2) is 41.9 Å². The standard InChI is InChI=1S/C15H14FNS/c1-10(8-15-12(3)17-9-18-15)11(2)13-6-4-5-7-14(13)16/h4-9H,2H2,1,3H3/b10-8-. The molecule has 0 spiro atoms. The molecule has 92 valence electrons. The molecule has 0 aliphatic rings. The minimum atomic E-state index is -0.240. The fourth-order valence-electron chi connectivity index (χ4n) is 1.65. The molecule has 1 aromatic heterocycles. The number of aryl methyl sites for hydroxylation is 1. The second kappa shape index (κ2) is 5.27. The fraction of sp³-hybridized carbons (Fsp3) is 0.133. The van der Waals surface area contributed by atoms with Gasteiger partial charge in [0, 0.05) is 5.56 Å². The third-order valence-electron chi connectivity index (χ3n) is 2.81. The number of rotatable bonds is 3. The molecular weight excluding hydrogens is 245 g/mol. The maximum atomic E-state index is 13.7. The largest absolute Gasteiger partial charge is 0.249 e. The van der Waals surface area contributed by atoms with Crippen molar-refractivity contribution in [1.82, 2.24) is 4.98 Å². The van der Waals surface area contributed by atoms with Gasteiger partial charge in [0.2, 0.25) is 0 Å². The predicted molar refractivity (Wildman–Crippen MR) is 75.9 cm³/mol. The van der Waals surface area contributed by atoms with E-state index in [1.54, 1.807) is 29.0 Å². The lowest BCUT2D eigenvalue weighted by molar-refractivity contribution is 0.624. The third kappa shape index (κ3) is 2.57. The lowest BCUT2D eigenvalue weighted by Gasteiger charge is -2.07. The van der Waals surface area contributed by atoms with Crippen molar-refractivity contribution in [2.24, 2.45) is 0 Å². The van der Waals surface area contributed by atoms with Crippen LogP contribution in [0.2, 0.25) is 0 Å². The average Bonchev–Trinajstić information content (AvgIpc) is 2.75. The molecule has 2 aromatic rings. The highest BCUT2D eigenvalue weighted by Crippen LogP contribution is 2.26. The summed E-state index contributed by atoms with van der Waals surface area (Å²) in [6.45, 7) is 7.87. The Labute approximate surface area is 110 Å². The molecule has 1 heterocycles. The molecule has 0 saturated carbocycles. The summed E-state index contributed by atoms with van der Waals surface area (Å²) in [6.07, 6.45) is 2.00. The van der Waals surface area contributed by atoms with Gasteiger partial charge in [0.1, 0.15) is 5.82 Å². The number of thiazole rings is 1. The van der Waals surface area contributed by atoms with E-state index < -0.39 is 0 Å².